The summed E-state index contributed by atoms with van der Waals surface area (Å²) in [4.78, 5) is 2.53. The zero-order valence-electron chi connectivity index (χ0n) is 14.4. The molecule has 0 aromatic carbocycles. The van der Waals surface area contributed by atoms with Crippen LogP contribution in [0.25, 0.3) is 0 Å². The second kappa shape index (κ2) is 6.94. The quantitative estimate of drug-likeness (QED) is 0.817. The van der Waals surface area contributed by atoms with Gasteiger partial charge in [0.05, 0.1) is 6.61 Å². The van der Waals surface area contributed by atoms with Crippen LogP contribution in [0.2, 0.25) is 0 Å². The van der Waals surface area contributed by atoms with Crippen molar-refractivity contribution in [2.75, 3.05) is 26.2 Å². The van der Waals surface area contributed by atoms with Gasteiger partial charge >= 0.3 is 6.18 Å². The normalized spacial score (nSPS) is 26.4. The van der Waals surface area contributed by atoms with Gasteiger partial charge in [0, 0.05) is 19.7 Å². The van der Waals surface area contributed by atoms with Gasteiger partial charge in [0.1, 0.15) is 5.69 Å². The smallest absolute Gasteiger partial charge is 0.433 e. The maximum Gasteiger partial charge on any atom is 0.433 e. The van der Waals surface area contributed by atoms with E-state index in [0.29, 0.717) is 18.4 Å². The summed E-state index contributed by atoms with van der Waals surface area (Å²) in [5.74, 6) is 1.93. The maximum absolute atomic E-state index is 12.8. The van der Waals surface area contributed by atoms with Crippen molar-refractivity contribution in [3.63, 3.8) is 0 Å². The second-order valence-electron chi connectivity index (χ2n) is 7.38. The van der Waals surface area contributed by atoms with Gasteiger partial charge in [0.15, 0.2) is 0 Å². The minimum Gasteiger partial charge on any atom is -0.476 e. The van der Waals surface area contributed by atoms with Gasteiger partial charge in [0.25, 0.3) is 0 Å². The molecule has 2 atom stereocenters. The lowest BCUT2D eigenvalue weighted by molar-refractivity contribution is -0.143. The van der Waals surface area contributed by atoms with Crippen LogP contribution in [-0.4, -0.2) is 40.9 Å². The molecule has 1 aromatic heterocycles. The molecule has 0 amide bonds. The van der Waals surface area contributed by atoms with Crippen LogP contribution in [0.1, 0.15) is 38.3 Å². The predicted molar refractivity (Wildman–Crippen MR) is 84.8 cm³/mol. The van der Waals surface area contributed by atoms with Crippen LogP contribution in [0.5, 0.6) is 5.88 Å². The van der Waals surface area contributed by atoms with Crippen molar-refractivity contribution in [1.29, 1.82) is 0 Å². The molecule has 2 aliphatic rings. The monoisotopic (exact) mass is 345 g/mol. The summed E-state index contributed by atoms with van der Waals surface area (Å²) in [6.45, 7) is 6.19. The van der Waals surface area contributed by atoms with Crippen LogP contribution >= 0.6 is 0 Å². The molecule has 0 unspecified atom stereocenters. The van der Waals surface area contributed by atoms with Gasteiger partial charge in [-0.1, -0.05) is 6.92 Å². The van der Waals surface area contributed by atoms with E-state index in [4.69, 9.17) is 4.74 Å². The molecule has 24 heavy (non-hydrogen) atoms. The number of aromatic nitrogens is 2. The molecule has 7 heteroatoms. The third-order valence-corrected chi connectivity index (χ3v) is 5.54. The van der Waals surface area contributed by atoms with Crippen molar-refractivity contribution in [3.05, 3.63) is 11.8 Å². The topological polar surface area (TPSA) is 30.3 Å². The fourth-order valence-corrected chi connectivity index (χ4v) is 3.64. The molecule has 0 bridgehead atoms. The average molecular weight is 345 g/mol. The minimum atomic E-state index is -4.40. The zero-order chi connectivity index (χ0) is 17.3. The number of hydrogen-bond acceptors (Lipinski definition) is 3. The van der Waals surface area contributed by atoms with Crippen molar-refractivity contribution in [3.8, 4) is 5.88 Å². The molecule has 1 aromatic rings. The van der Waals surface area contributed by atoms with Crippen molar-refractivity contribution in [2.24, 2.45) is 24.8 Å². The Morgan fingerprint density at radius 2 is 1.83 bits per heavy atom. The number of nitrogens with zero attached hydrogens (tertiary/aromatic N) is 3. The highest BCUT2D eigenvalue weighted by Crippen LogP contribution is 2.36. The molecule has 1 saturated carbocycles. The second-order valence-corrected chi connectivity index (χ2v) is 7.38. The van der Waals surface area contributed by atoms with E-state index in [1.165, 1.54) is 39.4 Å². The van der Waals surface area contributed by atoms with Crippen LogP contribution in [-0.2, 0) is 13.2 Å². The van der Waals surface area contributed by atoms with Crippen molar-refractivity contribution in [1.82, 2.24) is 14.7 Å². The van der Waals surface area contributed by atoms with Crippen LogP contribution in [0.4, 0.5) is 13.2 Å². The van der Waals surface area contributed by atoms with E-state index in [2.05, 4.69) is 16.9 Å². The summed E-state index contributed by atoms with van der Waals surface area (Å²) < 4.78 is 44.7. The van der Waals surface area contributed by atoms with Crippen LogP contribution < -0.4 is 4.74 Å². The third-order valence-electron chi connectivity index (χ3n) is 5.54. The van der Waals surface area contributed by atoms with Crippen LogP contribution in [0.3, 0.4) is 0 Å². The Morgan fingerprint density at radius 1 is 1.17 bits per heavy atom. The molecule has 2 heterocycles. The molecule has 136 valence electrons. The molecule has 1 aliphatic carbocycles. The first kappa shape index (κ1) is 17.6. The Hall–Kier alpha value is -1.24. The fourth-order valence-electron chi connectivity index (χ4n) is 3.64. The number of hydrogen-bond donors (Lipinski definition) is 0. The molecular formula is C17H26F3N3O. The van der Waals surface area contributed by atoms with Crippen LogP contribution in [0.15, 0.2) is 6.07 Å². The van der Waals surface area contributed by atoms with Crippen molar-refractivity contribution in [2.45, 2.75) is 38.8 Å². The van der Waals surface area contributed by atoms with Gasteiger partial charge in [-0.15, -0.1) is 5.10 Å². The number of alkyl halides is 3. The molecule has 3 rings (SSSR count). The fraction of sp³-hybridized carbons (Fsp3) is 0.824. The third kappa shape index (κ3) is 4.05. The van der Waals surface area contributed by atoms with Gasteiger partial charge in [0.2, 0.25) is 5.88 Å². The van der Waals surface area contributed by atoms with Gasteiger partial charge in [-0.2, -0.15) is 13.2 Å². The SMILES string of the molecule is CC1CCN(C[C@H]2CC[C@H]2COc2cc(C(F)(F)F)n(C)n2)CC1. The first-order chi connectivity index (χ1) is 11.3. The largest absolute Gasteiger partial charge is 0.476 e. The van der Waals surface area contributed by atoms with E-state index in [1.54, 1.807) is 0 Å². The number of rotatable bonds is 5. The average Bonchev–Trinajstić information content (AvgIpc) is 2.87. The Bertz CT molecular complexity index is 550. The van der Waals surface area contributed by atoms with E-state index in [9.17, 15) is 13.2 Å². The summed E-state index contributed by atoms with van der Waals surface area (Å²) in [5.41, 5.74) is -0.773. The summed E-state index contributed by atoms with van der Waals surface area (Å²) in [5, 5.41) is 3.82. The lowest BCUT2D eigenvalue weighted by Gasteiger charge is -2.41. The molecule has 1 aliphatic heterocycles. The first-order valence-corrected chi connectivity index (χ1v) is 8.79. The van der Waals surface area contributed by atoms with E-state index < -0.39 is 11.9 Å². The molecule has 1 saturated heterocycles. The molecule has 0 spiro atoms. The number of likely N-dealkylation sites (tertiary alicyclic amines) is 1. The van der Waals surface area contributed by atoms with Gasteiger partial charge in [-0.25, -0.2) is 0 Å². The van der Waals surface area contributed by atoms with Gasteiger partial charge in [-0.3, -0.25) is 4.68 Å². The Balaban J connectivity index is 1.47. The van der Waals surface area contributed by atoms with E-state index >= 15 is 0 Å². The predicted octanol–water partition coefficient (Wildman–Crippen LogP) is 3.58. The molecular weight excluding hydrogens is 319 g/mol. The summed E-state index contributed by atoms with van der Waals surface area (Å²) in [6, 6.07) is 0.986. The van der Waals surface area contributed by atoms with Crippen molar-refractivity contribution < 1.29 is 17.9 Å². The molecule has 2 fully saturated rings. The van der Waals surface area contributed by atoms with Gasteiger partial charge < -0.3 is 9.64 Å². The summed E-state index contributed by atoms with van der Waals surface area (Å²) >= 11 is 0. The van der Waals surface area contributed by atoms with Crippen LogP contribution in [0, 0.1) is 17.8 Å². The van der Waals surface area contributed by atoms with E-state index in [1.807, 2.05) is 0 Å². The van der Waals surface area contributed by atoms with Gasteiger partial charge in [-0.05, 0) is 56.5 Å². The zero-order valence-corrected chi connectivity index (χ0v) is 14.4. The number of halogens is 3. The molecule has 4 nitrogen and oxygen atoms in total. The highest BCUT2D eigenvalue weighted by molar-refractivity contribution is 5.18. The molecule has 0 radical (unpaired) electrons. The molecule has 0 N–H and O–H groups in total. The summed E-state index contributed by atoms with van der Waals surface area (Å²) in [6.07, 6.45) is 0.418. The minimum absolute atomic E-state index is 0.0715. The maximum atomic E-state index is 12.8. The van der Waals surface area contributed by atoms with E-state index in [-0.39, 0.29) is 5.88 Å². The standard InChI is InChI=1S/C17H26F3N3O/c1-12-5-7-23(8-6-12)10-13-3-4-14(13)11-24-16-9-15(17(18,19)20)22(2)21-16/h9,12-14H,3-8,10-11H2,1-2H3/t13-,14+/m1/s1. The first-order valence-electron chi connectivity index (χ1n) is 8.79. The van der Waals surface area contributed by atoms with Crippen molar-refractivity contribution >= 4 is 0 Å². The number of ether oxygens (including phenoxy) is 1. The highest BCUT2D eigenvalue weighted by atomic mass is 19.4. The highest BCUT2D eigenvalue weighted by Gasteiger charge is 2.36. The number of aryl methyl sites for hydroxylation is 1. The Morgan fingerprint density at radius 3 is 2.38 bits per heavy atom. The Labute approximate surface area is 141 Å². The Kier molecular flexibility index (Phi) is 5.08. The number of piperidine rings is 1. The summed E-state index contributed by atoms with van der Waals surface area (Å²) in [7, 11) is 1.29. The lowest BCUT2D eigenvalue weighted by atomic mass is 9.73. The van der Waals surface area contributed by atoms with E-state index in [0.717, 1.165) is 29.6 Å². The lowest BCUT2D eigenvalue weighted by Crippen LogP contribution is -2.43.